The summed E-state index contributed by atoms with van der Waals surface area (Å²) >= 11 is 0. The average molecular weight is 476 g/mol. The Morgan fingerprint density at radius 3 is 2.74 bits per heavy atom. The summed E-state index contributed by atoms with van der Waals surface area (Å²) in [5.74, 6) is 1.07. The zero-order chi connectivity index (χ0) is 23.9. The van der Waals surface area contributed by atoms with E-state index in [4.69, 9.17) is 9.47 Å². The van der Waals surface area contributed by atoms with Gasteiger partial charge in [-0.25, -0.2) is 19.0 Å². The fraction of sp³-hybridized carbons (Fsp3) is 0.346. The number of aromatic nitrogens is 4. The van der Waals surface area contributed by atoms with E-state index in [1.54, 1.807) is 23.1 Å². The number of nitrogens with zero attached hydrogens (tertiary/aromatic N) is 4. The fourth-order valence-corrected chi connectivity index (χ4v) is 5.07. The Morgan fingerprint density at radius 1 is 1.14 bits per heavy atom. The van der Waals surface area contributed by atoms with Crippen molar-refractivity contribution in [3.63, 3.8) is 0 Å². The highest BCUT2D eigenvalue weighted by molar-refractivity contribution is 5.84. The van der Waals surface area contributed by atoms with Crippen LogP contribution in [-0.2, 0) is 11.3 Å². The van der Waals surface area contributed by atoms with Crippen molar-refractivity contribution < 1.29 is 13.9 Å². The van der Waals surface area contributed by atoms with Crippen LogP contribution in [0.15, 0.2) is 59.7 Å². The predicted molar refractivity (Wildman–Crippen MR) is 130 cm³/mol. The van der Waals surface area contributed by atoms with Crippen molar-refractivity contribution in [3.8, 4) is 16.9 Å². The summed E-state index contributed by atoms with van der Waals surface area (Å²) in [5.41, 5.74) is 3.43. The highest BCUT2D eigenvalue weighted by Gasteiger charge is 2.30. The largest absolute Gasteiger partial charge is 0.460 e. The van der Waals surface area contributed by atoms with E-state index >= 15 is 0 Å². The molecule has 2 aliphatic heterocycles. The van der Waals surface area contributed by atoms with Gasteiger partial charge < -0.3 is 14.8 Å². The lowest BCUT2D eigenvalue weighted by atomic mass is 10.0. The fourth-order valence-electron chi connectivity index (χ4n) is 5.07. The molecular formula is C26H26FN5O3. The number of alkyl halides is 1. The molecule has 6 rings (SSSR count). The minimum atomic E-state index is -1.42. The van der Waals surface area contributed by atoms with Gasteiger partial charge in [-0.3, -0.25) is 9.48 Å². The molecule has 4 heterocycles. The normalized spacial score (nSPS) is 20.2. The van der Waals surface area contributed by atoms with Crippen LogP contribution < -0.4 is 15.6 Å². The van der Waals surface area contributed by atoms with E-state index in [0.29, 0.717) is 30.2 Å². The molecule has 0 spiro atoms. The van der Waals surface area contributed by atoms with Crippen molar-refractivity contribution in [2.24, 2.45) is 0 Å². The topological polar surface area (TPSA) is 83.2 Å². The van der Waals surface area contributed by atoms with Crippen LogP contribution in [0.25, 0.3) is 22.0 Å². The third-order valence-corrected chi connectivity index (χ3v) is 6.69. The lowest BCUT2D eigenvalue weighted by Gasteiger charge is -2.19. The minimum absolute atomic E-state index is 0.0270. The van der Waals surface area contributed by atoms with Crippen LogP contribution in [0.4, 0.5) is 10.3 Å². The molecule has 4 aromatic rings. The molecule has 180 valence electrons. The molecule has 0 amide bonds. The first kappa shape index (κ1) is 21.8. The maximum atomic E-state index is 13.7. The number of hydrogen-bond donors (Lipinski definition) is 1. The second kappa shape index (κ2) is 8.81. The second-order valence-corrected chi connectivity index (χ2v) is 9.01. The number of fused-ring (bicyclic) bond motifs is 3. The van der Waals surface area contributed by atoms with Crippen LogP contribution in [0, 0.1) is 0 Å². The van der Waals surface area contributed by atoms with Crippen LogP contribution in [0.3, 0.4) is 0 Å². The molecule has 0 aliphatic carbocycles. The van der Waals surface area contributed by atoms with E-state index in [-0.39, 0.29) is 17.6 Å². The van der Waals surface area contributed by atoms with Gasteiger partial charge in [0, 0.05) is 43.6 Å². The summed E-state index contributed by atoms with van der Waals surface area (Å²) in [6.07, 6.45) is 3.82. The van der Waals surface area contributed by atoms with Crippen molar-refractivity contribution in [3.05, 3.63) is 70.8 Å². The van der Waals surface area contributed by atoms with E-state index in [9.17, 15) is 9.18 Å². The third-order valence-electron chi connectivity index (χ3n) is 6.69. The van der Waals surface area contributed by atoms with Crippen LogP contribution >= 0.6 is 0 Å². The molecule has 2 aromatic heterocycles. The van der Waals surface area contributed by atoms with Crippen molar-refractivity contribution in [1.29, 1.82) is 0 Å². The molecule has 1 unspecified atom stereocenters. The lowest BCUT2D eigenvalue weighted by Crippen LogP contribution is -2.20. The van der Waals surface area contributed by atoms with Crippen LogP contribution in [-0.4, -0.2) is 44.9 Å². The summed E-state index contributed by atoms with van der Waals surface area (Å²) in [5, 5.41) is 3.94. The van der Waals surface area contributed by atoms with Gasteiger partial charge in [-0.1, -0.05) is 24.3 Å². The van der Waals surface area contributed by atoms with E-state index in [1.807, 2.05) is 41.1 Å². The number of anilines is 1. The van der Waals surface area contributed by atoms with E-state index in [0.717, 1.165) is 41.7 Å². The maximum Gasteiger partial charge on any atom is 0.274 e. The van der Waals surface area contributed by atoms with Crippen LogP contribution in [0.5, 0.6) is 5.75 Å². The number of para-hydroxylation sites is 1. The number of benzene rings is 2. The maximum absolute atomic E-state index is 13.7. The first-order valence-electron chi connectivity index (χ1n) is 11.9. The monoisotopic (exact) mass is 475 g/mol. The lowest BCUT2D eigenvalue weighted by molar-refractivity contribution is 0.0843. The van der Waals surface area contributed by atoms with Gasteiger partial charge in [-0.15, -0.1) is 0 Å². The summed E-state index contributed by atoms with van der Waals surface area (Å²) in [6.45, 7) is 3.36. The summed E-state index contributed by atoms with van der Waals surface area (Å²) < 4.78 is 28.3. The molecule has 2 aliphatic rings. The molecule has 0 bridgehead atoms. The Labute approximate surface area is 201 Å². The molecule has 8 nitrogen and oxygen atoms in total. The van der Waals surface area contributed by atoms with Gasteiger partial charge >= 0.3 is 0 Å². The van der Waals surface area contributed by atoms with E-state index in [1.165, 1.54) is 6.92 Å². The van der Waals surface area contributed by atoms with Crippen molar-refractivity contribution in [1.82, 2.24) is 19.3 Å². The smallest absolute Gasteiger partial charge is 0.274 e. The highest BCUT2D eigenvalue weighted by Crippen LogP contribution is 2.37. The number of rotatable bonds is 6. The second-order valence-electron chi connectivity index (χ2n) is 9.01. The van der Waals surface area contributed by atoms with Gasteiger partial charge in [-0.2, -0.15) is 0 Å². The standard InChI is InChI=1S/C26H26FN5O3/c1-16(27)35-24-5-3-2-4-20(24)22-8-10-31-25(33)21-7-6-17(12-23(21)32(22)31)18-13-28-26(29-14-18)30-19-9-11-34-15-19/h2-7,12-14,16,19,22H,8-11,15H2,1H3,(H,28,29,30)/t16?,19-,22-/m1/s1. The Bertz CT molecular complexity index is 1420. The predicted octanol–water partition coefficient (Wildman–Crippen LogP) is 4.15. The van der Waals surface area contributed by atoms with Gasteiger partial charge in [0.15, 0.2) is 0 Å². The van der Waals surface area contributed by atoms with Crippen molar-refractivity contribution >= 4 is 16.9 Å². The minimum Gasteiger partial charge on any atom is -0.460 e. The number of halogens is 1. The molecule has 3 atom stereocenters. The molecule has 2 aromatic carbocycles. The van der Waals surface area contributed by atoms with Gasteiger partial charge in [0.1, 0.15) is 5.75 Å². The Hall–Kier alpha value is -3.72. The van der Waals surface area contributed by atoms with Gasteiger partial charge in [0.2, 0.25) is 12.3 Å². The molecule has 0 saturated carbocycles. The first-order valence-corrected chi connectivity index (χ1v) is 11.9. The van der Waals surface area contributed by atoms with Crippen molar-refractivity contribution in [2.45, 2.75) is 44.8 Å². The van der Waals surface area contributed by atoms with Gasteiger partial charge in [0.25, 0.3) is 5.56 Å². The quantitative estimate of drug-likeness (QED) is 0.451. The van der Waals surface area contributed by atoms with Crippen LogP contribution in [0.1, 0.15) is 31.4 Å². The zero-order valence-electron chi connectivity index (χ0n) is 19.4. The molecule has 9 heteroatoms. The zero-order valence-corrected chi connectivity index (χ0v) is 19.4. The van der Waals surface area contributed by atoms with Gasteiger partial charge in [0.05, 0.1) is 29.6 Å². The number of nitrogens with one attached hydrogen (secondary N) is 1. The number of hydrogen-bond acceptors (Lipinski definition) is 6. The molecule has 1 fully saturated rings. The Kier molecular flexibility index (Phi) is 5.49. The summed E-state index contributed by atoms with van der Waals surface area (Å²) in [7, 11) is 0. The molecular weight excluding hydrogens is 449 g/mol. The molecule has 1 saturated heterocycles. The first-order chi connectivity index (χ1) is 17.1. The van der Waals surface area contributed by atoms with Gasteiger partial charge in [-0.05, 0) is 36.6 Å². The Balaban J connectivity index is 1.37. The molecule has 35 heavy (non-hydrogen) atoms. The van der Waals surface area contributed by atoms with Crippen molar-refractivity contribution in [2.75, 3.05) is 18.5 Å². The molecule has 0 radical (unpaired) electrons. The summed E-state index contributed by atoms with van der Waals surface area (Å²) in [6, 6.07) is 13.3. The van der Waals surface area contributed by atoms with E-state index < -0.39 is 6.36 Å². The average Bonchev–Trinajstić information content (AvgIpc) is 3.59. The summed E-state index contributed by atoms with van der Waals surface area (Å²) in [4.78, 5) is 22.1. The molecule has 1 N–H and O–H groups in total. The number of ether oxygens (including phenoxy) is 2. The highest BCUT2D eigenvalue weighted by atomic mass is 19.1. The Morgan fingerprint density at radius 2 is 1.97 bits per heavy atom. The van der Waals surface area contributed by atoms with Crippen LogP contribution in [0.2, 0.25) is 0 Å². The third kappa shape index (κ3) is 3.95. The van der Waals surface area contributed by atoms with E-state index in [2.05, 4.69) is 15.3 Å². The SMILES string of the molecule is CC(F)Oc1ccccc1[C@H]1CCn2c(=O)c3ccc(-c4cnc(N[C@@H]5CCOC5)nc4)cc3n21.